The highest BCUT2D eigenvalue weighted by Gasteiger charge is 2.24. The maximum absolute atomic E-state index is 11.7. The lowest BCUT2D eigenvalue weighted by atomic mass is 10.2. The molecule has 1 fully saturated rings. The molecule has 0 bridgehead atoms. The summed E-state index contributed by atoms with van der Waals surface area (Å²) in [7, 11) is 1.60. The molecule has 0 aliphatic heterocycles. The second-order valence-corrected chi connectivity index (χ2v) is 4.20. The fourth-order valence-electron chi connectivity index (χ4n) is 1.54. The summed E-state index contributed by atoms with van der Waals surface area (Å²) < 4.78 is 5.03. The number of hydrazone groups is 1. The van der Waals surface area contributed by atoms with Gasteiger partial charge in [0.1, 0.15) is 5.75 Å². The van der Waals surface area contributed by atoms with E-state index in [1.165, 1.54) is 12.8 Å². The predicted molar refractivity (Wildman–Crippen MR) is 66.3 cm³/mol. The molecular weight excluding hydrogens is 216 g/mol. The quantitative estimate of drug-likeness (QED) is 0.639. The molecule has 0 saturated heterocycles. The molecule has 1 aliphatic carbocycles. The van der Waals surface area contributed by atoms with E-state index in [1.54, 1.807) is 31.4 Å². The lowest BCUT2D eigenvalue weighted by Crippen LogP contribution is -2.19. The van der Waals surface area contributed by atoms with Crippen molar-refractivity contribution in [1.82, 2.24) is 5.43 Å². The molecule has 1 N–H and O–H groups in total. The number of benzene rings is 1. The van der Waals surface area contributed by atoms with Crippen LogP contribution < -0.4 is 10.2 Å². The summed E-state index contributed by atoms with van der Waals surface area (Å²) in [6.07, 6.45) is 2.38. The molecule has 1 aliphatic rings. The average molecular weight is 232 g/mol. The molecule has 4 nitrogen and oxygen atoms in total. The number of methoxy groups -OCH3 is 1. The number of carbonyl (C=O) groups is 1. The van der Waals surface area contributed by atoms with Gasteiger partial charge in [-0.15, -0.1) is 0 Å². The summed E-state index contributed by atoms with van der Waals surface area (Å²) >= 11 is 0. The van der Waals surface area contributed by atoms with Gasteiger partial charge in [-0.25, -0.2) is 5.43 Å². The van der Waals surface area contributed by atoms with Crippen LogP contribution in [0.5, 0.6) is 5.75 Å². The van der Waals surface area contributed by atoms with Crippen molar-refractivity contribution in [1.29, 1.82) is 0 Å². The summed E-state index contributed by atoms with van der Waals surface area (Å²) in [5.41, 5.74) is 4.15. The van der Waals surface area contributed by atoms with E-state index in [1.807, 2.05) is 6.92 Å². The molecule has 1 aromatic rings. The van der Waals surface area contributed by atoms with E-state index < -0.39 is 0 Å². The Bertz CT molecular complexity index is 433. The van der Waals surface area contributed by atoms with E-state index in [2.05, 4.69) is 10.5 Å². The van der Waals surface area contributed by atoms with Crippen LogP contribution in [-0.2, 0) is 0 Å². The van der Waals surface area contributed by atoms with Gasteiger partial charge in [0.25, 0.3) is 5.91 Å². The Labute approximate surface area is 101 Å². The third kappa shape index (κ3) is 3.06. The first kappa shape index (κ1) is 11.6. The van der Waals surface area contributed by atoms with Gasteiger partial charge < -0.3 is 4.74 Å². The SMILES string of the molecule is COc1ccc(C(=O)N/N=C(/C)C2CC2)cc1. The van der Waals surface area contributed by atoms with Gasteiger partial charge in [-0.1, -0.05) is 0 Å². The number of nitrogens with one attached hydrogen (secondary N) is 1. The van der Waals surface area contributed by atoms with Crippen molar-refractivity contribution in [2.45, 2.75) is 19.8 Å². The van der Waals surface area contributed by atoms with E-state index in [9.17, 15) is 4.79 Å². The van der Waals surface area contributed by atoms with Crippen molar-refractivity contribution >= 4 is 11.6 Å². The number of nitrogens with zero attached hydrogens (tertiary/aromatic N) is 1. The minimum absolute atomic E-state index is 0.187. The Morgan fingerprint density at radius 3 is 2.53 bits per heavy atom. The van der Waals surface area contributed by atoms with E-state index in [0.717, 1.165) is 11.5 Å². The standard InChI is InChI=1S/C13H16N2O2/c1-9(10-3-4-10)14-15-13(16)11-5-7-12(17-2)8-6-11/h5-8,10H,3-4H2,1-2H3,(H,15,16)/b14-9-. The lowest BCUT2D eigenvalue weighted by Gasteiger charge is -2.03. The largest absolute Gasteiger partial charge is 0.497 e. The van der Waals surface area contributed by atoms with Crippen molar-refractivity contribution in [3.8, 4) is 5.75 Å². The van der Waals surface area contributed by atoms with E-state index in [-0.39, 0.29) is 5.91 Å². The molecule has 0 unspecified atom stereocenters. The molecule has 0 radical (unpaired) electrons. The van der Waals surface area contributed by atoms with Gasteiger partial charge in [-0.3, -0.25) is 4.79 Å². The number of ether oxygens (including phenoxy) is 1. The highest BCUT2D eigenvalue weighted by Crippen LogP contribution is 2.30. The number of rotatable bonds is 4. The fourth-order valence-corrected chi connectivity index (χ4v) is 1.54. The van der Waals surface area contributed by atoms with Crippen molar-refractivity contribution in [2.75, 3.05) is 7.11 Å². The van der Waals surface area contributed by atoms with Crippen LogP contribution in [0.3, 0.4) is 0 Å². The van der Waals surface area contributed by atoms with Crippen LogP contribution in [0.15, 0.2) is 29.4 Å². The van der Waals surface area contributed by atoms with Crippen LogP contribution in [0, 0.1) is 5.92 Å². The molecule has 4 heteroatoms. The number of hydrogen-bond acceptors (Lipinski definition) is 3. The molecule has 0 spiro atoms. The zero-order valence-corrected chi connectivity index (χ0v) is 10.1. The Balaban J connectivity index is 1.96. The van der Waals surface area contributed by atoms with Crippen LogP contribution >= 0.6 is 0 Å². The van der Waals surface area contributed by atoms with Crippen LogP contribution in [0.25, 0.3) is 0 Å². The normalized spacial score (nSPS) is 15.5. The average Bonchev–Trinajstić information content (AvgIpc) is 3.20. The van der Waals surface area contributed by atoms with Crippen molar-refractivity contribution in [2.24, 2.45) is 11.0 Å². The fraction of sp³-hybridized carbons (Fsp3) is 0.385. The van der Waals surface area contributed by atoms with E-state index >= 15 is 0 Å². The van der Waals surface area contributed by atoms with Crippen LogP contribution in [0.1, 0.15) is 30.1 Å². The van der Waals surface area contributed by atoms with Gasteiger partial charge in [0.15, 0.2) is 0 Å². The number of carbonyl (C=O) groups excluding carboxylic acids is 1. The van der Waals surface area contributed by atoms with Gasteiger partial charge in [0.2, 0.25) is 0 Å². The third-order valence-corrected chi connectivity index (χ3v) is 2.85. The number of amides is 1. The first-order valence-corrected chi connectivity index (χ1v) is 5.69. The van der Waals surface area contributed by atoms with Gasteiger partial charge >= 0.3 is 0 Å². The van der Waals surface area contributed by atoms with Gasteiger partial charge in [-0.2, -0.15) is 5.10 Å². The topological polar surface area (TPSA) is 50.7 Å². The van der Waals surface area contributed by atoms with Crippen molar-refractivity contribution in [3.63, 3.8) is 0 Å². The van der Waals surface area contributed by atoms with E-state index in [0.29, 0.717) is 11.5 Å². The second-order valence-electron chi connectivity index (χ2n) is 4.20. The smallest absolute Gasteiger partial charge is 0.271 e. The van der Waals surface area contributed by atoms with Crippen LogP contribution in [0.4, 0.5) is 0 Å². The predicted octanol–water partition coefficient (Wildman–Crippen LogP) is 2.21. The van der Waals surface area contributed by atoms with Gasteiger partial charge in [0.05, 0.1) is 7.11 Å². The summed E-state index contributed by atoms with van der Waals surface area (Å²) in [6, 6.07) is 6.95. The molecule has 0 atom stereocenters. The maximum Gasteiger partial charge on any atom is 0.271 e. The van der Waals surface area contributed by atoms with Crippen molar-refractivity contribution < 1.29 is 9.53 Å². The zero-order valence-electron chi connectivity index (χ0n) is 10.1. The monoisotopic (exact) mass is 232 g/mol. The minimum Gasteiger partial charge on any atom is -0.497 e. The summed E-state index contributed by atoms with van der Waals surface area (Å²) in [5, 5.41) is 4.09. The Hall–Kier alpha value is -1.84. The van der Waals surface area contributed by atoms with Crippen LogP contribution in [0.2, 0.25) is 0 Å². The summed E-state index contributed by atoms with van der Waals surface area (Å²) in [6.45, 7) is 1.95. The molecule has 17 heavy (non-hydrogen) atoms. The first-order chi connectivity index (χ1) is 8.20. The first-order valence-electron chi connectivity index (χ1n) is 5.69. The molecule has 1 saturated carbocycles. The molecule has 1 aromatic carbocycles. The van der Waals surface area contributed by atoms with Crippen LogP contribution in [-0.4, -0.2) is 18.7 Å². The third-order valence-electron chi connectivity index (χ3n) is 2.85. The second kappa shape index (κ2) is 4.99. The molecule has 1 amide bonds. The lowest BCUT2D eigenvalue weighted by molar-refractivity contribution is 0.0954. The summed E-state index contributed by atoms with van der Waals surface area (Å²) in [4.78, 5) is 11.7. The molecule has 0 heterocycles. The Morgan fingerprint density at radius 1 is 1.35 bits per heavy atom. The van der Waals surface area contributed by atoms with Gasteiger partial charge in [-0.05, 0) is 49.9 Å². The highest BCUT2D eigenvalue weighted by atomic mass is 16.5. The number of hydrogen-bond donors (Lipinski definition) is 1. The molecular formula is C13H16N2O2. The summed E-state index contributed by atoms with van der Waals surface area (Å²) in [5.74, 6) is 1.12. The maximum atomic E-state index is 11.7. The van der Waals surface area contributed by atoms with Crippen molar-refractivity contribution in [3.05, 3.63) is 29.8 Å². The van der Waals surface area contributed by atoms with Gasteiger partial charge in [0, 0.05) is 11.3 Å². The zero-order chi connectivity index (χ0) is 12.3. The highest BCUT2D eigenvalue weighted by molar-refractivity contribution is 5.95. The minimum atomic E-state index is -0.187. The molecule has 2 rings (SSSR count). The van der Waals surface area contributed by atoms with E-state index in [4.69, 9.17) is 4.74 Å². The molecule has 90 valence electrons. The molecule has 0 aromatic heterocycles. The Morgan fingerprint density at radius 2 is 2.00 bits per heavy atom. The Kier molecular flexibility index (Phi) is 3.42.